The van der Waals surface area contributed by atoms with Crippen molar-refractivity contribution in [3.8, 4) is 17.6 Å². The summed E-state index contributed by atoms with van der Waals surface area (Å²) in [6, 6.07) is 12.2. The number of ether oxygens (including phenoxy) is 1. The van der Waals surface area contributed by atoms with Gasteiger partial charge in [-0.05, 0) is 36.4 Å². The molecule has 2 aromatic rings. The maximum absolute atomic E-state index is 10.4. The number of hydrogen-bond acceptors (Lipinski definition) is 3. The third-order valence-corrected chi connectivity index (χ3v) is 2.82. The standard InChI is InChI=1S/C16H12ClNO3/c17-14-9-12(6-7-15(14)21-10-16(19)20)5-4-11-2-1-3-13(18)8-11/h1-3,6-9H,10,18H2,(H,19,20). The van der Waals surface area contributed by atoms with Crippen LogP contribution in [0, 0.1) is 11.8 Å². The highest BCUT2D eigenvalue weighted by Gasteiger charge is 2.04. The first-order valence-corrected chi connectivity index (χ1v) is 6.44. The van der Waals surface area contributed by atoms with Crippen molar-refractivity contribution in [2.45, 2.75) is 0 Å². The van der Waals surface area contributed by atoms with Gasteiger partial charge in [0, 0.05) is 16.8 Å². The van der Waals surface area contributed by atoms with Gasteiger partial charge in [0.25, 0.3) is 0 Å². The van der Waals surface area contributed by atoms with Crippen LogP contribution in [0.5, 0.6) is 5.75 Å². The fourth-order valence-electron chi connectivity index (χ4n) is 1.60. The normalized spacial score (nSPS) is 9.57. The van der Waals surface area contributed by atoms with Crippen LogP contribution in [-0.4, -0.2) is 17.7 Å². The first kappa shape index (κ1) is 14.8. The Hall–Kier alpha value is -2.64. The Morgan fingerprint density at radius 2 is 1.90 bits per heavy atom. The Labute approximate surface area is 127 Å². The van der Waals surface area contributed by atoms with Gasteiger partial charge in [0.05, 0.1) is 5.02 Å². The second-order valence-corrected chi connectivity index (χ2v) is 4.61. The number of rotatable bonds is 3. The summed E-state index contributed by atoms with van der Waals surface area (Å²) in [6.07, 6.45) is 0. The summed E-state index contributed by atoms with van der Waals surface area (Å²) < 4.78 is 5.04. The van der Waals surface area contributed by atoms with Gasteiger partial charge < -0.3 is 15.6 Å². The van der Waals surface area contributed by atoms with E-state index in [0.29, 0.717) is 22.0 Å². The summed E-state index contributed by atoms with van der Waals surface area (Å²) >= 11 is 6.01. The molecule has 0 aliphatic heterocycles. The van der Waals surface area contributed by atoms with E-state index < -0.39 is 12.6 Å². The van der Waals surface area contributed by atoms with Crippen molar-refractivity contribution in [2.75, 3.05) is 12.3 Å². The minimum Gasteiger partial charge on any atom is -0.480 e. The topological polar surface area (TPSA) is 72.5 Å². The van der Waals surface area contributed by atoms with Crippen LogP contribution >= 0.6 is 11.6 Å². The van der Waals surface area contributed by atoms with Crippen LogP contribution in [0.1, 0.15) is 11.1 Å². The van der Waals surface area contributed by atoms with Crippen molar-refractivity contribution in [2.24, 2.45) is 0 Å². The van der Waals surface area contributed by atoms with Gasteiger partial charge in [-0.3, -0.25) is 0 Å². The Balaban J connectivity index is 2.16. The van der Waals surface area contributed by atoms with Gasteiger partial charge >= 0.3 is 5.97 Å². The zero-order valence-electron chi connectivity index (χ0n) is 11.0. The Morgan fingerprint density at radius 1 is 1.19 bits per heavy atom. The van der Waals surface area contributed by atoms with Crippen LogP contribution < -0.4 is 10.5 Å². The number of aliphatic carboxylic acids is 1. The molecule has 0 aliphatic carbocycles. The number of carboxylic acids is 1. The van der Waals surface area contributed by atoms with E-state index >= 15 is 0 Å². The Kier molecular flexibility index (Phi) is 4.70. The van der Waals surface area contributed by atoms with Crippen molar-refractivity contribution < 1.29 is 14.6 Å². The second-order valence-electron chi connectivity index (χ2n) is 4.20. The van der Waals surface area contributed by atoms with E-state index in [1.165, 1.54) is 0 Å². The summed E-state index contributed by atoms with van der Waals surface area (Å²) in [5.41, 5.74) is 7.83. The SMILES string of the molecule is Nc1cccc(C#Cc2ccc(OCC(=O)O)c(Cl)c2)c1. The maximum atomic E-state index is 10.4. The highest BCUT2D eigenvalue weighted by Crippen LogP contribution is 2.25. The van der Waals surface area contributed by atoms with E-state index in [0.717, 1.165) is 5.56 Å². The Bertz CT molecular complexity index is 732. The fraction of sp³-hybridized carbons (Fsp3) is 0.0625. The van der Waals surface area contributed by atoms with E-state index in [1.54, 1.807) is 30.3 Å². The lowest BCUT2D eigenvalue weighted by Gasteiger charge is -2.05. The lowest BCUT2D eigenvalue weighted by molar-refractivity contribution is -0.139. The van der Waals surface area contributed by atoms with E-state index in [4.69, 9.17) is 27.2 Å². The molecule has 0 bridgehead atoms. The first-order chi connectivity index (χ1) is 10.0. The number of benzene rings is 2. The molecule has 0 radical (unpaired) electrons. The maximum Gasteiger partial charge on any atom is 0.341 e. The number of anilines is 1. The van der Waals surface area contributed by atoms with Crippen molar-refractivity contribution >= 4 is 23.3 Å². The third-order valence-electron chi connectivity index (χ3n) is 2.52. The molecule has 4 nitrogen and oxygen atoms in total. The molecule has 0 unspecified atom stereocenters. The molecule has 0 spiro atoms. The monoisotopic (exact) mass is 301 g/mol. The molecule has 0 heterocycles. The summed E-state index contributed by atoms with van der Waals surface area (Å²) in [5, 5.41) is 8.87. The Morgan fingerprint density at radius 3 is 2.52 bits per heavy atom. The molecule has 0 saturated carbocycles. The predicted molar refractivity (Wildman–Crippen MR) is 81.4 cm³/mol. The number of hydrogen-bond donors (Lipinski definition) is 2. The number of nitrogens with two attached hydrogens (primary N) is 1. The second kappa shape index (κ2) is 6.69. The van der Waals surface area contributed by atoms with Crippen LogP contribution in [-0.2, 0) is 4.79 Å². The van der Waals surface area contributed by atoms with Crippen LogP contribution in [0.25, 0.3) is 0 Å². The van der Waals surface area contributed by atoms with Crippen LogP contribution in [0.3, 0.4) is 0 Å². The van der Waals surface area contributed by atoms with Crippen LogP contribution in [0.2, 0.25) is 5.02 Å². The molecule has 106 valence electrons. The summed E-state index contributed by atoms with van der Waals surface area (Å²) in [5.74, 6) is 5.19. The average Bonchev–Trinajstić information content (AvgIpc) is 2.44. The molecular formula is C16H12ClNO3. The molecule has 2 aromatic carbocycles. The van der Waals surface area contributed by atoms with E-state index in [1.807, 2.05) is 12.1 Å². The summed E-state index contributed by atoms with van der Waals surface area (Å²) in [6.45, 7) is -0.436. The minimum atomic E-state index is -1.06. The quantitative estimate of drug-likeness (QED) is 0.675. The number of nitrogen functional groups attached to an aromatic ring is 1. The zero-order valence-corrected chi connectivity index (χ0v) is 11.7. The van der Waals surface area contributed by atoms with Gasteiger partial charge in [-0.15, -0.1) is 0 Å². The number of halogens is 1. The van der Waals surface area contributed by atoms with Gasteiger partial charge in [-0.1, -0.05) is 29.5 Å². The molecule has 3 N–H and O–H groups in total. The molecule has 0 aliphatic rings. The van der Waals surface area contributed by atoms with Crippen LogP contribution in [0.4, 0.5) is 5.69 Å². The molecule has 0 atom stereocenters. The number of carbonyl (C=O) groups is 1. The molecule has 5 heteroatoms. The molecular weight excluding hydrogens is 290 g/mol. The fourth-order valence-corrected chi connectivity index (χ4v) is 1.83. The van der Waals surface area contributed by atoms with Gasteiger partial charge in [0.2, 0.25) is 0 Å². The van der Waals surface area contributed by atoms with E-state index in [9.17, 15) is 4.79 Å². The summed E-state index contributed by atoms with van der Waals surface area (Å²) in [4.78, 5) is 10.4. The van der Waals surface area contributed by atoms with E-state index in [2.05, 4.69) is 11.8 Å². The average molecular weight is 302 g/mol. The largest absolute Gasteiger partial charge is 0.480 e. The molecule has 2 rings (SSSR count). The van der Waals surface area contributed by atoms with Gasteiger partial charge in [-0.2, -0.15) is 0 Å². The van der Waals surface area contributed by atoms with Crippen molar-refractivity contribution in [3.63, 3.8) is 0 Å². The van der Waals surface area contributed by atoms with Gasteiger partial charge in [0.15, 0.2) is 6.61 Å². The third kappa shape index (κ3) is 4.44. The molecule has 21 heavy (non-hydrogen) atoms. The lowest BCUT2D eigenvalue weighted by Crippen LogP contribution is -2.09. The van der Waals surface area contributed by atoms with Gasteiger partial charge in [0.1, 0.15) is 5.75 Å². The number of carboxylic acid groups (broad SMARTS) is 1. The highest BCUT2D eigenvalue weighted by molar-refractivity contribution is 6.32. The van der Waals surface area contributed by atoms with Crippen molar-refractivity contribution in [1.29, 1.82) is 0 Å². The van der Waals surface area contributed by atoms with E-state index in [-0.39, 0.29) is 0 Å². The molecule has 0 fully saturated rings. The first-order valence-electron chi connectivity index (χ1n) is 6.06. The van der Waals surface area contributed by atoms with Crippen LogP contribution in [0.15, 0.2) is 42.5 Å². The molecule has 0 amide bonds. The summed E-state index contributed by atoms with van der Waals surface area (Å²) in [7, 11) is 0. The zero-order chi connectivity index (χ0) is 15.2. The lowest BCUT2D eigenvalue weighted by atomic mass is 10.1. The smallest absolute Gasteiger partial charge is 0.341 e. The van der Waals surface area contributed by atoms with Gasteiger partial charge in [-0.25, -0.2) is 4.79 Å². The van der Waals surface area contributed by atoms with Crippen molar-refractivity contribution in [1.82, 2.24) is 0 Å². The predicted octanol–water partition coefficient (Wildman–Crippen LogP) is 2.79. The highest BCUT2D eigenvalue weighted by atomic mass is 35.5. The molecule has 0 aromatic heterocycles. The van der Waals surface area contributed by atoms with Crippen molar-refractivity contribution in [3.05, 3.63) is 58.6 Å². The minimum absolute atomic E-state index is 0.313. The molecule has 0 saturated heterocycles.